The maximum Gasteiger partial charge on any atom is 0.201 e. The van der Waals surface area contributed by atoms with Crippen molar-refractivity contribution in [3.63, 3.8) is 0 Å². The van der Waals surface area contributed by atoms with Gasteiger partial charge in [-0.1, -0.05) is 13.3 Å². The van der Waals surface area contributed by atoms with Crippen molar-refractivity contribution in [2.45, 2.75) is 26.2 Å². The molecule has 1 unspecified atom stereocenters. The fourth-order valence-electron chi connectivity index (χ4n) is 1.10. The molecule has 0 saturated heterocycles. The molecule has 2 heteroatoms. The highest BCUT2D eigenvalue weighted by atomic mass is 16.2. The Labute approximate surface area is 54.2 Å². The predicted octanol–water partition coefficient (Wildman–Crippen LogP) is 0.945. The van der Waals surface area contributed by atoms with Gasteiger partial charge in [0, 0.05) is 12.3 Å². The first-order valence-electron chi connectivity index (χ1n) is 3.32. The van der Waals surface area contributed by atoms with Gasteiger partial charge in [-0.3, -0.25) is 9.59 Å². The van der Waals surface area contributed by atoms with Gasteiger partial charge in [0.15, 0.2) is 5.78 Å². The molecule has 0 heterocycles. The average Bonchev–Trinajstić information content (AvgIpc) is 1.88. The normalized spacial score (nSPS) is 26.1. The second-order valence-corrected chi connectivity index (χ2v) is 2.48. The molecule has 0 aliphatic heterocycles. The first-order chi connectivity index (χ1) is 4.25. The topological polar surface area (TPSA) is 34.1 Å². The van der Waals surface area contributed by atoms with E-state index in [0.717, 1.165) is 12.8 Å². The molecule has 0 amide bonds. The molecule has 50 valence electrons. The summed E-state index contributed by atoms with van der Waals surface area (Å²) in [4.78, 5) is 21.0. The van der Waals surface area contributed by atoms with E-state index in [1.54, 1.807) is 0 Å². The lowest BCUT2D eigenvalue weighted by Crippen LogP contribution is -2.37. The fraction of sp³-hybridized carbons (Fsp3) is 0.714. The Bertz CT molecular complexity index is 149. The first kappa shape index (κ1) is 6.46. The second-order valence-electron chi connectivity index (χ2n) is 2.48. The number of ketones is 2. The zero-order valence-electron chi connectivity index (χ0n) is 5.52. The Hall–Kier alpha value is -0.660. The number of carbonyl (C=O) groups is 2. The van der Waals surface area contributed by atoms with Gasteiger partial charge < -0.3 is 0 Å². The monoisotopic (exact) mass is 126 g/mol. The lowest BCUT2D eigenvalue weighted by Gasteiger charge is -2.20. The van der Waals surface area contributed by atoms with Crippen LogP contribution in [-0.4, -0.2) is 11.6 Å². The Morgan fingerprint density at radius 3 is 2.56 bits per heavy atom. The molecule has 1 aliphatic carbocycles. The summed E-state index contributed by atoms with van der Waals surface area (Å²) < 4.78 is 0. The summed E-state index contributed by atoms with van der Waals surface area (Å²) in [6.07, 6.45) is 2.40. The van der Waals surface area contributed by atoms with E-state index >= 15 is 0 Å². The molecule has 0 bridgehead atoms. The van der Waals surface area contributed by atoms with Crippen molar-refractivity contribution in [1.29, 1.82) is 0 Å². The third-order valence-electron chi connectivity index (χ3n) is 1.71. The van der Waals surface area contributed by atoms with Crippen LogP contribution in [-0.2, 0) is 9.59 Å². The van der Waals surface area contributed by atoms with Crippen molar-refractivity contribution in [3.8, 4) is 0 Å². The largest absolute Gasteiger partial charge is 0.291 e. The number of rotatable bonds is 2. The van der Waals surface area contributed by atoms with E-state index in [1.807, 2.05) is 6.92 Å². The van der Waals surface area contributed by atoms with E-state index in [9.17, 15) is 9.59 Å². The standard InChI is InChI=1S/C7H10O2/c1-2-3-5-4-6(8)7(5)9/h5H,2-4H2,1H3. The summed E-state index contributed by atoms with van der Waals surface area (Å²) in [5, 5.41) is 0. The van der Waals surface area contributed by atoms with E-state index in [4.69, 9.17) is 0 Å². The van der Waals surface area contributed by atoms with Gasteiger partial charge in [0.25, 0.3) is 0 Å². The molecule has 0 aromatic heterocycles. The van der Waals surface area contributed by atoms with Crippen LogP contribution < -0.4 is 0 Å². The molecule has 1 saturated carbocycles. The van der Waals surface area contributed by atoms with Crippen LogP contribution in [0, 0.1) is 5.92 Å². The molecule has 2 nitrogen and oxygen atoms in total. The van der Waals surface area contributed by atoms with Gasteiger partial charge in [0.05, 0.1) is 0 Å². The van der Waals surface area contributed by atoms with Crippen LogP contribution in [0.3, 0.4) is 0 Å². The number of hydrogen-bond acceptors (Lipinski definition) is 2. The zero-order valence-corrected chi connectivity index (χ0v) is 5.52. The maximum absolute atomic E-state index is 10.6. The minimum absolute atomic E-state index is 0.0856. The molecule has 0 radical (unpaired) electrons. The molecule has 9 heavy (non-hydrogen) atoms. The van der Waals surface area contributed by atoms with Crippen molar-refractivity contribution in [1.82, 2.24) is 0 Å². The van der Waals surface area contributed by atoms with Crippen molar-refractivity contribution >= 4 is 11.6 Å². The summed E-state index contributed by atoms with van der Waals surface area (Å²) in [5.74, 6) is -0.229. The van der Waals surface area contributed by atoms with E-state index in [0.29, 0.717) is 6.42 Å². The van der Waals surface area contributed by atoms with E-state index in [-0.39, 0.29) is 17.5 Å². The lowest BCUT2D eigenvalue weighted by atomic mass is 9.79. The van der Waals surface area contributed by atoms with Gasteiger partial charge >= 0.3 is 0 Å². The van der Waals surface area contributed by atoms with Gasteiger partial charge in [0.1, 0.15) is 0 Å². The lowest BCUT2D eigenvalue weighted by molar-refractivity contribution is -0.147. The highest BCUT2D eigenvalue weighted by Crippen LogP contribution is 2.23. The number of Topliss-reactive ketones (excluding diaryl/α,β-unsaturated/α-hetero) is 2. The van der Waals surface area contributed by atoms with Crippen LogP contribution in [0.4, 0.5) is 0 Å². The highest BCUT2D eigenvalue weighted by Gasteiger charge is 2.36. The molecule has 0 aromatic rings. The van der Waals surface area contributed by atoms with Crippen molar-refractivity contribution in [2.75, 3.05) is 0 Å². The molecule has 0 aromatic carbocycles. The van der Waals surface area contributed by atoms with Crippen LogP contribution in [0.1, 0.15) is 26.2 Å². The quantitative estimate of drug-likeness (QED) is 0.516. The van der Waals surface area contributed by atoms with Crippen LogP contribution in [0.15, 0.2) is 0 Å². The van der Waals surface area contributed by atoms with Gasteiger partial charge in [0.2, 0.25) is 5.78 Å². The van der Waals surface area contributed by atoms with Crippen LogP contribution in [0.2, 0.25) is 0 Å². The van der Waals surface area contributed by atoms with E-state index in [1.165, 1.54) is 0 Å². The molecule has 1 fully saturated rings. The fourth-order valence-corrected chi connectivity index (χ4v) is 1.10. The van der Waals surface area contributed by atoms with Crippen molar-refractivity contribution in [2.24, 2.45) is 5.92 Å². The summed E-state index contributed by atoms with van der Waals surface area (Å²) in [7, 11) is 0. The van der Waals surface area contributed by atoms with Crippen molar-refractivity contribution < 1.29 is 9.59 Å². The van der Waals surface area contributed by atoms with Crippen LogP contribution >= 0.6 is 0 Å². The van der Waals surface area contributed by atoms with Gasteiger partial charge in [-0.25, -0.2) is 0 Å². The zero-order chi connectivity index (χ0) is 6.85. The average molecular weight is 126 g/mol. The number of carbonyl (C=O) groups excluding carboxylic acids is 2. The Balaban J connectivity index is 2.33. The van der Waals surface area contributed by atoms with Gasteiger partial charge in [-0.05, 0) is 6.42 Å². The van der Waals surface area contributed by atoms with Crippen LogP contribution in [0.5, 0.6) is 0 Å². The molecule has 1 aliphatic rings. The summed E-state index contributed by atoms with van der Waals surface area (Å²) in [5.41, 5.74) is 0. The minimum Gasteiger partial charge on any atom is -0.291 e. The summed E-state index contributed by atoms with van der Waals surface area (Å²) in [6, 6.07) is 0. The van der Waals surface area contributed by atoms with Crippen molar-refractivity contribution in [3.05, 3.63) is 0 Å². The van der Waals surface area contributed by atoms with Crippen LogP contribution in [0.25, 0.3) is 0 Å². The second kappa shape index (κ2) is 2.29. The highest BCUT2D eigenvalue weighted by molar-refractivity contribution is 6.44. The van der Waals surface area contributed by atoms with Gasteiger partial charge in [-0.2, -0.15) is 0 Å². The Morgan fingerprint density at radius 1 is 1.56 bits per heavy atom. The summed E-state index contributed by atoms with van der Waals surface area (Å²) >= 11 is 0. The molecule has 0 N–H and O–H groups in total. The Kier molecular flexibility index (Phi) is 1.65. The molecule has 1 atom stereocenters. The molecule has 1 rings (SSSR count). The Morgan fingerprint density at radius 2 is 2.22 bits per heavy atom. The third kappa shape index (κ3) is 1.02. The third-order valence-corrected chi connectivity index (χ3v) is 1.71. The molecular weight excluding hydrogens is 116 g/mol. The first-order valence-corrected chi connectivity index (χ1v) is 3.32. The SMILES string of the molecule is CCCC1CC(=O)C1=O. The summed E-state index contributed by atoms with van der Waals surface area (Å²) in [6.45, 7) is 2.02. The smallest absolute Gasteiger partial charge is 0.201 e. The minimum atomic E-state index is -0.173. The van der Waals surface area contributed by atoms with E-state index < -0.39 is 0 Å². The predicted molar refractivity (Wildman–Crippen MR) is 33.0 cm³/mol. The molecular formula is C7H10O2. The maximum atomic E-state index is 10.6. The van der Waals surface area contributed by atoms with E-state index in [2.05, 4.69) is 0 Å². The molecule has 0 spiro atoms. The number of hydrogen-bond donors (Lipinski definition) is 0. The van der Waals surface area contributed by atoms with Gasteiger partial charge in [-0.15, -0.1) is 0 Å².